The Morgan fingerprint density at radius 3 is 2.16 bits per heavy atom. The molecular formula is C23H21NO. The summed E-state index contributed by atoms with van der Waals surface area (Å²) in [5.41, 5.74) is 5.77. The van der Waals surface area contributed by atoms with E-state index >= 15 is 0 Å². The Balaban J connectivity index is 1.69. The first-order chi connectivity index (χ1) is 12.2. The highest BCUT2D eigenvalue weighted by Crippen LogP contribution is 2.40. The van der Waals surface area contributed by atoms with E-state index in [0.29, 0.717) is 6.54 Å². The minimum absolute atomic E-state index is 0.0963. The second kappa shape index (κ2) is 6.56. The Bertz CT molecular complexity index is 886. The van der Waals surface area contributed by atoms with E-state index in [4.69, 9.17) is 0 Å². The lowest BCUT2D eigenvalue weighted by Crippen LogP contribution is -2.28. The molecule has 1 atom stereocenters. The van der Waals surface area contributed by atoms with Gasteiger partial charge in [0.1, 0.15) is 0 Å². The molecule has 0 aliphatic carbocycles. The summed E-state index contributed by atoms with van der Waals surface area (Å²) in [7, 11) is 0. The second-order valence-electron chi connectivity index (χ2n) is 6.71. The molecule has 1 unspecified atom stereocenters. The van der Waals surface area contributed by atoms with Crippen LogP contribution in [-0.2, 0) is 17.8 Å². The van der Waals surface area contributed by atoms with Crippen LogP contribution < -0.4 is 4.90 Å². The summed E-state index contributed by atoms with van der Waals surface area (Å²) >= 11 is 0. The van der Waals surface area contributed by atoms with Gasteiger partial charge < -0.3 is 4.90 Å². The molecule has 2 heteroatoms. The van der Waals surface area contributed by atoms with Gasteiger partial charge in [-0.25, -0.2) is 0 Å². The summed E-state index contributed by atoms with van der Waals surface area (Å²) in [5.74, 6) is 0.106. The fourth-order valence-corrected chi connectivity index (χ4v) is 3.61. The van der Waals surface area contributed by atoms with Crippen molar-refractivity contribution in [2.75, 3.05) is 4.90 Å². The van der Waals surface area contributed by atoms with Crippen molar-refractivity contribution in [2.24, 2.45) is 0 Å². The number of carbonyl (C=O) groups is 1. The van der Waals surface area contributed by atoms with Crippen LogP contribution >= 0.6 is 0 Å². The van der Waals surface area contributed by atoms with Crippen molar-refractivity contribution < 1.29 is 4.79 Å². The number of hydrogen-bond donors (Lipinski definition) is 0. The Morgan fingerprint density at radius 1 is 0.840 bits per heavy atom. The molecule has 1 aliphatic rings. The highest BCUT2D eigenvalue weighted by molar-refractivity contribution is 6.05. The van der Waals surface area contributed by atoms with E-state index in [9.17, 15) is 4.79 Å². The molecule has 2 nitrogen and oxygen atoms in total. The summed E-state index contributed by atoms with van der Waals surface area (Å²) in [6.45, 7) is 2.71. The predicted octanol–water partition coefficient (Wildman–Crippen LogP) is 4.87. The van der Waals surface area contributed by atoms with Crippen LogP contribution in [0.3, 0.4) is 0 Å². The number of fused-ring (bicyclic) bond motifs is 1. The molecule has 0 N–H and O–H groups in total. The van der Waals surface area contributed by atoms with Crippen LogP contribution in [0.15, 0.2) is 78.9 Å². The van der Waals surface area contributed by atoms with E-state index in [-0.39, 0.29) is 11.8 Å². The van der Waals surface area contributed by atoms with Gasteiger partial charge in [0.2, 0.25) is 5.91 Å². The smallest absolute Gasteiger partial charge is 0.235 e. The van der Waals surface area contributed by atoms with E-state index in [1.807, 2.05) is 41.3 Å². The molecule has 0 aromatic heterocycles. The van der Waals surface area contributed by atoms with Gasteiger partial charge in [-0.2, -0.15) is 0 Å². The van der Waals surface area contributed by atoms with Crippen LogP contribution in [0, 0.1) is 6.92 Å². The number of aryl methyl sites for hydroxylation is 1. The summed E-state index contributed by atoms with van der Waals surface area (Å²) in [4.78, 5) is 15.2. The third-order valence-electron chi connectivity index (χ3n) is 4.88. The standard InChI is InChI=1S/C23H21NO/c1-17-12-13-22-20(14-17)21(15-18-8-4-2-5-9-18)23(25)24(22)16-19-10-6-3-7-11-19/h2-14,21H,15-16H2,1H3. The van der Waals surface area contributed by atoms with Crippen LogP contribution in [0.25, 0.3) is 0 Å². The normalized spacial score (nSPS) is 16.1. The van der Waals surface area contributed by atoms with Gasteiger partial charge in [0.15, 0.2) is 0 Å². The highest BCUT2D eigenvalue weighted by atomic mass is 16.2. The van der Waals surface area contributed by atoms with Crippen LogP contribution in [0.2, 0.25) is 0 Å². The first-order valence-corrected chi connectivity index (χ1v) is 8.72. The maximum absolute atomic E-state index is 13.2. The monoisotopic (exact) mass is 327 g/mol. The molecule has 1 aliphatic heterocycles. The topological polar surface area (TPSA) is 20.3 Å². The van der Waals surface area contributed by atoms with Gasteiger partial charge in [-0.3, -0.25) is 4.79 Å². The molecule has 0 spiro atoms. The Labute approximate surface area is 148 Å². The van der Waals surface area contributed by atoms with Gasteiger partial charge in [-0.15, -0.1) is 0 Å². The number of nitrogens with zero attached hydrogens (tertiary/aromatic N) is 1. The molecule has 25 heavy (non-hydrogen) atoms. The number of benzene rings is 3. The molecule has 1 heterocycles. The lowest BCUT2D eigenvalue weighted by Gasteiger charge is -2.18. The molecule has 124 valence electrons. The molecule has 0 radical (unpaired) electrons. The molecule has 3 aromatic rings. The Morgan fingerprint density at radius 2 is 1.48 bits per heavy atom. The average Bonchev–Trinajstić information content (AvgIpc) is 2.89. The third kappa shape index (κ3) is 3.08. The minimum atomic E-state index is -0.0963. The summed E-state index contributed by atoms with van der Waals surface area (Å²) in [6.07, 6.45) is 0.751. The number of carbonyl (C=O) groups excluding carboxylic acids is 1. The van der Waals surface area contributed by atoms with E-state index < -0.39 is 0 Å². The first kappa shape index (κ1) is 15.6. The Kier molecular flexibility index (Phi) is 4.10. The van der Waals surface area contributed by atoms with Crippen LogP contribution in [0.4, 0.5) is 5.69 Å². The summed E-state index contributed by atoms with van der Waals surface area (Å²) < 4.78 is 0. The van der Waals surface area contributed by atoms with Gasteiger partial charge in [0.05, 0.1) is 12.5 Å². The maximum Gasteiger partial charge on any atom is 0.235 e. The van der Waals surface area contributed by atoms with E-state index in [0.717, 1.165) is 23.2 Å². The molecule has 1 amide bonds. The zero-order valence-corrected chi connectivity index (χ0v) is 14.4. The van der Waals surface area contributed by atoms with Crippen LogP contribution in [-0.4, -0.2) is 5.91 Å². The predicted molar refractivity (Wildman–Crippen MR) is 102 cm³/mol. The fraction of sp³-hybridized carbons (Fsp3) is 0.174. The molecule has 0 bridgehead atoms. The number of rotatable bonds is 4. The van der Waals surface area contributed by atoms with Crippen molar-refractivity contribution in [1.29, 1.82) is 0 Å². The van der Waals surface area contributed by atoms with Crippen molar-refractivity contribution in [2.45, 2.75) is 25.8 Å². The van der Waals surface area contributed by atoms with Crippen LogP contribution in [0.5, 0.6) is 0 Å². The molecule has 0 saturated carbocycles. The number of hydrogen-bond acceptors (Lipinski definition) is 1. The van der Waals surface area contributed by atoms with Crippen molar-refractivity contribution in [3.8, 4) is 0 Å². The van der Waals surface area contributed by atoms with Crippen molar-refractivity contribution in [3.63, 3.8) is 0 Å². The summed E-state index contributed by atoms with van der Waals surface area (Å²) in [6, 6.07) is 26.8. The second-order valence-corrected chi connectivity index (χ2v) is 6.71. The number of anilines is 1. The molecule has 3 aromatic carbocycles. The average molecular weight is 327 g/mol. The lowest BCUT2D eigenvalue weighted by molar-refractivity contribution is -0.119. The zero-order valence-electron chi connectivity index (χ0n) is 14.4. The molecule has 0 fully saturated rings. The first-order valence-electron chi connectivity index (χ1n) is 8.72. The molecule has 0 saturated heterocycles. The fourth-order valence-electron chi connectivity index (χ4n) is 3.61. The van der Waals surface area contributed by atoms with Gasteiger partial charge >= 0.3 is 0 Å². The van der Waals surface area contributed by atoms with Crippen molar-refractivity contribution in [1.82, 2.24) is 0 Å². The summed E-state index contributed by atoms with van der Waals surface area (Å²) in [5, 5.41) is 0. The SMILES string of the molecule is Cc1ccc2c(c1)C(Cc1ccccc1)C(=O)N2Cc1ccccc1. The van der Waals surface area contributed by atoms with E-state index in [1.54, 1.807) is 0 Å². The minimum Gasteiger partial charge on any atom is -0.307 e. The quantitative estimate of drug-likeness (QED) is 0.669. The molecular weight excluding hydrogens is 306 g/mol. The Hall–Kier alpha value is -2.87. The third-order valence-corrected chi connectivity index (χ3v) is 4.88. The van der Waals surface area contributed by atoms with Gasteiger partial charge in [0.25, 0.3) is 0 Å². The highest BCUT2D eigenvalue weighted by Gasteiger charge is 2.37. The van der Waals surface area contributed by atoms with E-state index in [2.05, 4.69) is 49.4 Å². The maximum atomic E-state index is 13.2. The largest absolute Gasteiger partial charge is 0.307 e. The van der Waals surface area contributed by atoms with Crippen molar-refractivity contribution >= 4 is 11.6 Å². The molecule has 4 rings (SSSR count). The van der Waals surface area contributed by atoms with Crippen LogP contribution in [0.1, 0.15) is 28.2 Å². The van der Waals surface area contributed by atoms with E-state index in [1.165, 1.54) is 11.1 Å². The van der Waals surface area contributed by atoms with Gasteiger partial charge in [0, 0.05) is 5.69 Å². The number of amides is 1. The zero-order chi connectivity index (χ0) is 17.2. The lowest BCUT2D eigenvalue weighted by atomic mass is 9.92. The van der Waals surface area contributed by atoms with Crippen molar-refractivity contribution in [3.05, 3.63) is 101 Å². The van der Waals surface area contributed by atoms with Gasteiger partial charge in [-0.1, -0.05) is 78.4 Å². The van der Waals surface area contributed by atoms with Gasteiger partial charge in [-0.05, 0) is 36.1 Å².